The van der Waals surface area contributed by atoms with Crippen molar-refractivity contribution < 1.29 is 9.53 Å². The van der Waals surface area contributed by atoms with Crippen LogP contribution in [0.2, 0.25) is 0 Å². The van der Waals surface area contributed by atoms with E-state index in [1.54, 1.807) is 0 Å². The molecule has 1 saturated heterocycles. The smallest absolute Gasteiger partial charge is 0.226 e. The van der Waals surface area contributed by atoms with Gasteiger partial charge in [-0.2, -0.15) is 0 Å². The number of benzene rings is 1. The van der Waals surface area contributed by atoms with E-state index in [2.05, 4.69) is 19.1 Å². The van der Waals surface area contributed by atoms with E-state index < -0.39 is 0 Å². The number of para-hydroxylation sites is 1. The summed E-state index contributed by atoms with van der Waals surface area (Å²) in [5.41, 5.74) is 7.24. The molecule has 2 heterocycles. The van der Waals surface area contributed by atoms with Crippen LogP contribution in [0.4, 0.5) is 0 Å². The summed E-state index contributed by atoms with van der Waals surface area (Å²) < 4.78 is 5.76. The second-order valence-electron chi connectivity index (χ2n) is 7.53. The molecule has 4 rings (SSSR count). The topological polar surface area (TPSA) is 55.6 Å². The lowest BCUT2D eigenvalue weighted by atomic mass is 9.87. The first-order valence-electron chi connectivity index (χ1n) is 8.29. The highest BCUT2D eigenvalue weighted by Gasteiger charge is 2.62. The molecule has 1 aliphatic carbocycles. The van der Waals surface area contributed by atoms with Crippen LogP contribution in [-0.4, -0.2) is 37.0 Å². The lowest BCUT2D eigenvalue weighted by molar-refractivity contribution is -0.132. The predicted octanol–water partition coefficient (Wildman–Crippen LogP) is 1.92. The molecule has 3 aliphatic rings. The molecule has 0 radical (unpaired) electrons. The van der Waals surface area contributed by atoms with Crippen molar-refractivity contribution in [3.8, 4) is 5.75 Å². The number of nitrogens with zero attached hydrogens (tertiary/aromatic N) is 1. The Morgan fingerprint density at radius 2 is 2.23 bits per heavy atom. The van der Waals surface area contributed by atoms with Crippen LogP contribution in [0.15, 0.2) is 24.3 Å². The molecule has 4 heteroatoms. The van der Waals surface area contributed by atoms with E-state index in [0.717, 1.165) is 44.7 Å². The molecular weight excluding hydrogens is 276 g/mol. The van der Waals surface area contributed by atoms with E-state index in [9.17, 15) is 4.79 Å². The van der Waals surface area contributed by atoms with Crippen molar-refractivity contribution in [2.45, 2.75) is 31.6 Å². The summed E-state index contributed by atoms with van der Waals surface area (Å²) in [6.07, 6.45) is 2.96. The van der Waals surface area contributed by atoms with Gasteiger partial charge in [-0.05, 0) is 37.3 Å². The van der Waals surface area contributed by atoms with Crippen LogP contribution in [0, 0.1) is 11.3 Å². The molecule has 3 unspecified atom stereocenters. The first kappa shape index (κ1) is 14.1. The lowest BCUT2D eigenvalue weighted by Crippen LogP contribution is -2.37. The van der Waals surface area contributed by atoms with E-state index in [4.69, 9.17) is 10.5 Å². The third kappa shape index (κ3) is 1.97. The number of fused-ring (bicyclic) bond motifs is 2. The number of amides is 1. The Kier molecular flexibility index (Phi) is 3.02. The van der Waals surface area contributed by atoms with E-state index in [1.165, 1.54) is 5.56 Å². The highest BCUT2D eigenvalue weighted by Crippen LogP contribution is 2.61. The molecule has 4 nitrogen and oxygen atoms in total. The fourth-order valence-electron chi connectivity index (χ4n) is 4.28. The average Bonchev–Trinajstić information content (AvgIpc) is 3.11. The molecule has 1 aromatic carbocycles. The number of carbonyl (C=O) groups excluding carboxylic acids is 1. The van der Waals surface area contributed by atoms with Crippen molar-refractivity contribution in [2.75, 3.05) is 26.2 Å². The van der Waals surface area contributed by atoms with Crippen molar-refractivity contribution in [2.24, 2.45) is 17.1 Å². The number of nitrogens with two attached hydrogens (primary N) is 1. The lowest BCUT2D eigenvalue weighted by Gasteiger charge is -2.28. The molecule has 3 atom stereocenters. The van der Waals surface area contributed by atoms with Crippen molar-refractivity contribution >= 4 is 5.91 Å². The van der Waals surface area contributed by atoms with E-state index in [1.807, 2.05) is 17.0 Å². The van der Waals surface area contributed by atoms with Gasteiger partial charge in [-0.1, -0.05) is 25.1 Å². The molecule has 1 spiro atoms. The molecule has 2 aliphatic heterocycles. The van der Waals surface area contributed by atoms with Crippen molar-refractivity contribution in [3.63, 3.8) is 0 Å². The number of hydrogen-bond acceptors (Lipinski definition) is 3. The Bertz CT molecular complexity index is 617. The van der Waals surface area contributed by atoms with Gasteiger partial charge in [0.05, 0.1) is 6.61 Å². The van der Waals surface area contributed by atoms with Crippen molar-refractivity contribution in [1.82, 2.24) is 4.90 Å². The van der Waals surface area contributed by atoms with Gasteiger partial charge in [0.2, 0.25) is 5.91 Å². The van der Waals surface area contributed by atoms with Crippen LogP contribution >= 0.6 is 0 Å². The molecule has 2 N–H and O–H groups in total. The predicted molar refractivity (Wildman–Crippen MR) is 84.7 cm³/mol. The van der Waals surface area contributed by atoms with Crippen LogP contribution in [0.1, 0.15) is 31.7 Å². The Morgan fingerprint density at radius 3 is 3.00 bits per heavy atom. The van der Waals surface area contributed by atoms with Crippen LogP contribution in [0.5, 0.6) is 5.75 Å². The quantitative estimate of drug-likeness (QED) is 0.908. The summed E-state index contributed by atoms with van der Waals surface area (Å²) in [5.74, 6) is 1.43. The van der Waals surface area contributed by atoms with Gasteiger partial charge in [0.25, 0.3) is 0 Å². The fraction of sp³-hybridized carbons (Fsp3) is 0.611. The first-order chi connectivity index (χ1) is 10.6. The summed E-state index contributed by atoms with van der Waals surface area (Å²) in [5, 5.41) is 0. The number of rotatable bonds is 2. The highest BCUT2D eigenvalue weighted by atomic mass is 16.5. The SMILES string of the molecule is CC1(CN)CCN(C(=O)C2CC23CCOc2ccccc23)C1. The maximum absolute atomic E-state index is 12.9. The maximum Gasteiger partial charge on any atom is 0.226 e. The zero-order chi connectivity index (χ0) is 15.4. The molecule has 0 bridgehead atoms. The second kappa shape index (κ2) is 4.72. The van der Waals surface area contributed by atoms with Gasteiger partial charge in [-0.3, -0.25) is 4.79 Å². The third-order valence-electron chi connectivity index (χ3n) is 5.96. The number of likely N-dealkylation sites (tertiary alicyclic amines) is 1. The molecule has 118 valence electrons. The molecule has 0 aromatic heterocycles. The Hall–Kier alpha value is -1.55. The monoisotopic (exact) mass is 300 g/mol. The van der Waals surface area contributed by atoms with E-state index >= 15 is 0 Å². The minimum Gasteiger partial charge on any atom is -0.493 e. The van der Waals surface area contributed by atoms with Gasteiger partial charge in [0, 0.05) is 30.0 Å². The van der Waals surface area contributed by atoms with Crippen LogP contribution in [0.3, 0.4) is 0 Å². The van der Waals surface area contributed by atoms with Crippen LogP contribution in [0.25, 0.3) is 0 Å². The molecule has 22 heavy (non-hydrogen) atoms. The van der Waals surface area contributed by atoms with Gasteiger partial charge in [-0.25, -0.2) is 0 Å². The summed E-state index contributed by atoms with van der Waals surface area (Å²) in [6.45, 7) is 5.24. The third-order valence-corrected chi connectivity index (χ3v) is 5.96. The standard InChI is InChI=1S/C18H24N2O2/c1-17(11-19)6-8-20(12-17)16(21)14-10-18(14)7-9-22-15-5-3-2-4-13(15)18/h2-5,14H,6-12,19H2,1H3. The van der Waals surface area contributed by atoms with Crippen molar-refractivity contribution in [1.29, 1.82) is 0 Å². The zero-order valence-electron chi connectivity index (χ0n) is 13.2. The largest absolute Gasteiger partial charge is 0.493 e. The molecule has 1 aromatic rings. The first-order valence-corrected chi connectivity index (χ1v) is 8.29. The van der Waals surface area contributed by atoms with Crippen LogP contribution < -0.4 is 10.5 Å². The number of ether oxygens (including phenoxy) is 1. The summed E-state index contributed by atoms with van der Waals surface area (Å²) in [7, 11) is 0. The molecule has 2 fully saturated rings. The maximum atomic E-state index is 12.9. The minimum atomic E-state index is 0.0353. The summed E-state index contributed by atoms with van der Waals surface area (Å²) >= 11 is 0. The average molecular weight is 300 g/mol. The van der Waals surface area contributed by atoms with Gasteiger partial charge < -0.3 is 15.4 Å². The summed E-state index contributed by atoms with van der Waals surface area (Å²) in [6, 6.07) is 8.22. The van der Waals surface area contributed by atoms with E-state index in [0.29, 0.717) is 12.5 Å². The number of carbonyl (C=O) groups is 1. The molecular formula is C18H24N2O2. The van der Waals surface area contributed by atoms with Gasteiger partial charge in [0.1, 0.15) is 5.75 Å². The second-order valence-corrected chi connectivity index (χ2v) is 7.53. The fourth-order valence-corrected chi connectivity index (χ4v) is 4.28. The normalized spacial score (nSPS) is 36.1. The Labute approximate surface area is 131 Å². The van der Waals surface area contributed by atoms with Crippen molar-refractivity contribution in [3.05, 3.63) is 29.8 Å². The van der Waals surface area contributed by atoms with Gasteiger partial charge in [0.15, 0.2) is 0 Å². The molecule has 1 amide bonds. The number of hydrogen-bond donors (Lipinski definition) is 1. The van der Waals surface area contributed by atoms with Crippen LogP contribution in [-0.2, 0) is 10.2 Å². The van der Waals surface area contributed by atoms with Gasteiger partial charge >= 0.3 is 0 Å². The zero-order valence-corrected chi connectivity index (χ0v) is 13.2. The molecule has 1 saturated carbocycles. The van der Waals surface area contributed by atoms with Gasteiger partial charge in [-0.15, -0.1) is 0 Å². The Balaban J connectivity index is 1.54. The van der Waals surface area contributed by atoms with E-state index in [-0.39, 0.29) is 16.7 Å². The highest BCUT2D eigenvalue weighted by molar-refractivity contribution is 5.85. The minimum absolute atomic E-state index is 0.0353. The summed E-state index contributed by atoms with van der Waals surface area (Å²) in [4.78, 5) is 15.0. The Morgan fingerprint density at radius 1 is 1.41 bits per heavy atom.